The Labute approximate surface area is 173 Å². The molecule has 8 nitrogen and oxygen atoms in total. The first-order valence-electron chi connectivity index (χ1n) is 8.70. The fraction of sp³-hybridized carbons (Fsp3) is 0.105. The molecule has 0 saturated carbocycles. The van der Waals surface area contributed by atoms with Gasteiger partial charge in [-0.15, -0.1) is 10.2 Å². The maximum Gasteiger partial charge on any atom is 0.234 e. The molecule has 0 radical (unpaired) electrons. The molecule has 0 spiro atoms. The highest BCUT2D eigenvalue weighted by Gasteiger charge is 2.18. The fourth-order valence-corrected chi connectivity index (χ4v) is 3.35. The summed E-state index contributed by atoms with van der Waals surface area (Å²) in [7, 11) is 0. The van der Waals surface area contributed by atoms with Crippen molar-refractivity contribution in [2.45, 2.75) is 11.7 Å². The maximum atomic E-state index is 13.7. The minimum Gasteiger partial charge on any atom is -0.467 e. The third-order valence-electron chi connectivity index (χ3n) is 3.94. The molecule has 0 bridgehead atoms. The highest BCUT2D eigenvalue weighted by atomic mass is 32.2. The van der Waals surface area contributed by atoms with E-state index in [-0.39, 0.29) is 11.4 Å². The van der Waals surface area contributed by atoms with E-state index in [1.807, 2.05) is 0 Å². The summed E-state index contributed by atoms with van der Waals surface area (Å²) < 4.78 is 33.9. The van der Waals surface area contributed by atoms with Crippen molar-refractivity contribution in [1.29, 1.82) is 0 Å². The molecular formula is C19H14F2N6O2S. The average molecular weight is 428 g/mol. The Kier molecular flexibility index (Phi) is 5.80. The number of hydrogen-bond acceptors (Lipinski definition) is 7. The van der Waals surface area contributed by atoms with Gasteiger partial charge in [0.15, 0.2) is 11.0 Å². The molecule has 152 valence electrons. The van der Waals surface area contributed by atoms with E-state index in [0.717, 1.165) is 17.8 Å². The zero-order valence-corrected chi connectivity index (χ0v) is 16.1. The van der Waals surface area contributed by atoms with E-state index in [1.165, 1.54) is 6.07 Å². The summed E-state index contributed by atoms with van der Waals surface area (Å²) in [5, 5.41) is 11.2. The Morgan fingerprint density at radius 2 is 2.10 bits per heavy atom. The third-order valence-corrected chi connectivity index (χ3v) is 4.91. The largest absolute Gasteiger partial charge is 0.467 e. The molecule has 0 aliphatic rings. The van der Waals surface area contributed by atoms with E-state index in [4.69, 9.17) is 4.42 Å². The van der Waals surface area contributed by atoms with E-state index in [0.29, 0.717) is 35.0 Å². The molecule has 30 heavy (non-hydrogen) atoms. The number of carbonyl (C=O) groups is 1. The van der Waals surface area contributed by atoms with Crippen LogP contribution in [0, 0.1) is 11.6 Å². The van der Waals surface area contributed by atoms with Crippen molar-refractivity contribution in [3.63, 3.8) is 0 Å². The molecule has 0 fully saturated rings. The van der Waals surface area contributed by atoms with Gasteiger partial charge in [0.05, 0.1) is 30.4 Å². The molecule has 4 aromatic rings. The topological polar surface area (TPSA) is 98.7 Å². The quantitative estimate of drug-likeness (QED) is 0.451. The molecule has 4 rings (SSSR count). The van der Waals surface area contributed by atoms with Gasteiger partial charge in [-0.25, -0.2) is 13.8 Å². The molecule has 0 unspecified atom stereocenters. The van der Waals surface area contributed by atoms with Crippen molar-refractivity contribution in [1.82, 2.24) is 24.7 Å². The van der Waals surface area contributed by atoms with Crippen LogP contribution in [0.2, 0.25) is 0 Å². The summed E-state index contributed by atoms with van der Waals surface area (Å²) in [5.41, 5.74) is 0.417. The van der Waals surface area contributed by atoms with E-state index in [1.54, 1.807) is 41.6 Å². The van der Waals surface area contributed by atoms with Gasteiger partial charge in [0.1, 0.15) is 23.1 Å². The number of halogens is 2. The summed E-state index contributed by atoms with van der Waals surface area (Å²) in [5.74, 6) is -0.972. The number of aromatic nitrogens is 5. The first-order chi connectivity index (χ1) is 14.6. The van der Waals surface area contributed by atoms with Crippen LogP contribution in [-0.2, 0) is 11.3 Å². The van der Waals surface area contributed by atoms with Crippen molar-refractivity contribution in [2.24, 2.45) is 0 Å². The summed E-state index contributed by atoms with van der Waals surface area (Å²) in [6.45, 7) is 0.322. The maximum absolute atomic E-state index is 13.7. The zero-order valence-electron chi connectivity index (χ0n) is 15.3. The summed E-state index contributed by atoms with van der Waals surface area (Å²) in [4.78, 5) is 20.5. The van der Waals surface area contributed by atoms with E-state index in [9.17, 15) is 13.6 Å². The van der Waals surface area contributed by atoms with Crippen LogP contribution in [0.5, 0.6) is 0 Å². The second-order valence-corrected chi connectivity index (χ2v) is 6.97. The number of benzene rings is 1. The van der Waals surface area contributed by atoms with Crippen LogP contribution in [0.4, 0.5) is 14.5 Å². The molecule has 1 aromatic carbocycles. The van der Waals surface area contributed by atoms with E-state index < -0.39 is 17.5 Å². The molecular weight excluding hydrogens is 414 g/mol. The Bertz CT molecular complexity index is 1150. The zero-order chi connectivity index (χ0) is 20.9. The Morgan fingerprint density at radius 1 is 1.20 bits per heavy atom. The lowest BCUT2D eigenvalue weighted by molar-refractivity contribution is -0.113. The number of nitrogens with one attached hydrogen (secondary N) is 1. The van der Waals surface area contributed by atoms with Crippen molar-refractivity contribution in [2.75, 3.05) is 11.1 Å². The third kappa shape index (κ3) is 4.51. The van der Waals surface area contributed by atoms with Gasteiger partial charge in [-0.1, -0.05) is 11.8 Å². The first kappa shape index (κ1) is 19.7. The second-order valence-electron chi connectivity index (χ2n) is 6.02. The van der Waals surface area contributed by atoms with Crippen LogP contribution in [0.15, 0.2) is 64.8 Å². The van der Waals surface area contributed by atoms with Gasteiger partial charge >= 0.3 is 0 Å². The molecule has 0 atom stereocenters. The van der Waals surface area contributed by atoms with Crippen LogP contribution in [0.3, 0.4) is 0 Å². The number of amides is 1. The second kappa shape index (κ2) is 8.82. The summed E-state index contributed by atoms with van der Waals surface area (Å²) in [6, 6.07) is 6.51. The first-order valence-corrected chi connectivity index (χ1v) is 9.68. The Hall–Kier alpha value is -3.60. The van der Waals surface area contributed by atoms with Gasteiger partial charge in [-0.05, 0) is 24.3 Å². The lowest BCUT2D eigenvalue weighted by atomic mass is 10.3. The number of rotatable bonds is 7. The minimum absolute atomic E-state index is 0.0619. The smallest absolute Gasteiger partial charge is 0.234 e. The van der Waals surface area contributed by atoms with Gasteiger partial charge in [0.2, 0.25) is 5.91 Å². The number of carbonyl (C=O) groups excluding carboxylic acids is 1. The summed E-state index contributed by atoms with van der Waals surface area (Å²) >= 11 is 1.11. The Balaban J connectivity index is 1.52. The van der Waals surface area contributed by atoms with Crippen molar-refractivity contribution >= 4 is 23.4 Å². The predicted molar refractivity (Wildman–Crippen MR) is 105 cm³/mol. The number of hydrogen-bond donors (Lipinski definition) is 1. The van der Waals surface area contributed by atoms with E-state index >= 15 is 0 Å². The minimum atomic E-state index is -0.848. The van der Waals surface area contributed by atoms with Crippen molar-refractivity contribution in [3.8, 4) is 11.5 Å². The van der Waals surface area contributed by atoms with Crippen molar-refractivity contribution < 1.29 is 18.0 Å². The molecule has 0 aliphatic heterocycles. The van der Waals surface area contributed by atoms with Crippen molar-refractivity contribution in [3.05, 3.63) is 72.6 Å². The van der Waals surface area contributed by atoms with Crippen LogP contribution in [0.25, 0.3) is 11.5 Å². The van der Waals surface area contributed by atoms with Crippen LogP contribution in [0.1, 0.15) is 5.76 Å². The van der Waals surface area contributed by atoms with Gasteiger partial charge in [-0.2, -0.15) is 0 Å². The molecule has 1 N–H and O–H groups in total. The standard InChI is InChI=1S/C19H14F2N6O2S/c20-12-3-4-15(14(21)8-12)24-17(28)11-30-19-26-25-18(16-9-22-5-6-23-16)27(19)10-13-2-1-7-29-13/h1-9H,10-11H2,(H,24,28). The van der Waals surface area contributed by atoms with Crippen LogP contribution < -0.4 is 5.32 Å². The van der Waals surface area contributed by atoms with Gasteiger partial charge in [0, 0.05) is 18.5 Å². The number of furan rings is 1. The highest BCUT2D eigenvalue weighted by Crippen LogP contribution is 2.24. The number of thioether (sulfide) groups is 1. The van der Waals surface area contributed by atoms with E-state index in [2.05, 4.69) is 25.5 Å². The summed E-state index contributed by atoms with van der Waals surface area (Å²) in [6.07, 6.45) is 6.20. The molecule has 0 saturated heterocycles. The normalized spacial score (nSPS) is 10.9. The molecule has 0 aliphatic carbocycles. The van der Waals surface area contributed by atoms with Gasteiger partial charge < -0.3 is 9.73 Å². The molecule has 3 aromatic heterocycles. The molecule has 11 heteroatoms. The average Bonchev–Trinajstić information content (AvgIpc) is 3.40. The van der Waals surface area contributed by atoms with Crippen LogP contribution >= 0.6 is 11.8 Å². The SMILES string of the molecule is O=C(CSc1nnc(-c2cnccn2)n1Cc1ccco1)Nc1ccc(F)cc1F. The number of anilines is 1. The lowest BCUT2D eigenvalue weighted by Gasteiger charge is -2.09. The fourth-order valence-electron chi connectivity index (χ4n) is 2.61. The number of nitrogens with zero attached hydrogens (tertiary/aromatic N) is 5. The van der Waals surface area contributed by atoms with Crippen LogP contribution in [-0.4, -0.2) is 36.4 Å². The molecule has 3 heterocycles. The predicted octanol–water partition coefficient (Wildman–Crippen LogP) is 3.39. The lowest BCUT2D eigenvalue weighted by Crippen LogP contribution is -2.16. The highest BCUT2D eigenvalue weighted by molar-refractivity contribution is 7.99. The van der Waals surface area contributed by atoms with Gasteiger partial charge in [-0.3, -0.25) is 14.3 Å². The monoisotopic (exact) mass is 428 g/mol. The molecule has 1 amide bonds. The Morgan fingerprint density at radius 3 is 2.83 bits per heavy atom. The van der Waals surface area contributed by atoms with Gasteiger partial charge in [0.25, 0.3) is 0 Å².